The summed E-state index contributed by atoms with van der Waals surface area (Å²) in [6.45, 7) is 1.67. The second-order valence-electron chi connectivity index (χ2n) is 8.12. The van der Waals surface area contributed by atoms with Crippen LogP contribution in [0.15, 0.2) is 29.4 Å². The average Bonchev–Trinajstić information content (AvgIpc) is 2.71. The number of anilines is 2. The molecule has 4 rings (SSSR count). The molecule has 2 fully saturated rings. The number of rotatable bonds is 6. The van der Waals surface area contributed by atoms with Gasteiger partial charge in [-0.2, -0.15) is 13.2 Å². The van der Waals surface area contributed by atoms with Crippen molar-refractivity contribution in [2.24, 2.45) is 11.8 Å². The molecule has 1 aromatic carbocycles. The lowest BCUT2D eigenvalue weighted by Crippen LogP contribution is -2.58. The highest BCUT2D eigenvalue weighted by molar-refractivity contribution is 7.79. The van der Waals surface area contributed by atoms with Gasteiger partial charge in [-0.15, -0.1) is 0 Å². The Bertz CT molecular complexity index is 1030. The van der Waals surface area contributed by atoms with Crippen molar-refractivity contribution in [1.82, 2.24) is 14.9 Å². The van der Waals surface area contributed by atoms with Gasteiger partial charge in [0, 0.05) is 24.9 Å². The number of likely N-dealkylation sites (tertiary alicyclic amines) is 1. The fourth-order valence-corrected chi connectivity index (χ4v) is 4.60. The molecule has 2 aromatic rings. The number of fused-ring (bicyclic) bond motifs is 2. The first-order chi connectivity index (χ1) is 15.6. The van der Waals surface area contributed by atoms with Crippen LogP contribution in [0.2, 0.25) is 0 Å². The third kappa shape index (κ3) is 5.60. The normalized spacial score (nSPS) is 24.4. The largest absolute Gasteiger partial charge is 0.473 e. The Morgan fingerprint density at radius 1 is 1.27 bits per heavy atom. The maximum atomic E-state index is 14.3. The molecule has 2 saturated heterocycles. The maximum absolute atomic E-state index is 14.3. The standard InChI is InChI=1S/C20H22F4N4O4S/c1-11-18(27-16-3-2-14(33(29)30)4-15(16)21)25-10-26-19(11)32-17-12-5-28(9-20(22,23)24)6-13(17)8-31-7-12/h2-4,10,12-13,17H,5-9H2,1H3,(H,29,30)(H,25,26,27). The van der Waals surface area contributed by atoms with E-state index >= 15 is 0 Å². The van der Waals surface area contributed by atoms with Crippen molar-refractivity contribution in [3.8, 4) is 5.88 Å². The Morgan fingerprint density at radius 3 is 2.58 bits per heavy atom. The molecule has 0 aliphatic carbocycles. The van der Waals surface area contributed by atoms with Crippen molar-refractivity contribution in [1.29, 1.82) is 0 Å². The van der Waals surface area contributed by atoms with Gasteiger partial charge in [0.2, 0.25) is 5.88 Å². The second kappa shape index (κ2) is 9.49. The molecule has 3 heterocycles. The van der Waals surface area contributed by atoms with E-state index in [1.54, 1.807) is 6.92 Å². The van der Waals surface area contributed by atoms with Crippen LogP contribution >= 0.6 is 0 Å². The first-order valence-electron chi connectivity index (χ1n) is 10.1. The van der Waals surface area contributed by atoms with Crippen molar-refractivity contribution >= 4 is 22.6 Å². The highest BCUT2D eigenvalue weighted by atomic mass is 32.2. The smallest absolute Gasteiger partial charge is 0.401 e. The third-order valence-corrected chi connectivity index (χ3v) is 6.32. The molecule has 180 valence electrons. The molecular formula is C20H22F4N4O4S. The van der Waals surface area contributed by atoms with Gasteiger partial charge in [-0.1, -0.05) is 0 Å². The number of alkyl halides is 3. The van der Waals surface area contributed by atoms with Gasteiger partial charge < -0.3 is 19.3 Å². The van der Waals surface area contributed by atoms with Crippen LogP contribution in [-0.4, -0.2) is 68.8 Å². The van der Waals surface area contributed by atoms with Gasteiger partial charge in [0.25, 0.3) is 0 Å². The molecule has 2 aliphatic heterocycles. The Hall–Kier alpha value is -2.35. The summed E-state index contributed by atoms with van der Waals surface area (Å²) in [5.41, 5.74) is 0.533. The maximum Gasteiger partial charge on any atom is 0.401 e. The van der Waals surface area contributed by atoms with Gasteiger partial charge >= 0.3 is 6.18 Å². The monoisotopic (exact) mass is 490 g/mol. The van der Waals surface area contributed by atoms with Crippen LogP contribution in [0.25, 0.3) is 0 Å². The molecule has 0 saturated carbocycles. The quantitative estimate of drug-likeness (QED) is 0.471. The highest BCUT2D eigenvalue weighted by Gasteiger charge is 2.45. The summed E-state index contributed by atoms with van der Waals surface area (Å²) in [6.07, 6.45) is -3.41. The molecule has 3 atom stereocenters. The number of benzene rings is 1. The summed E-state index contributed by atoms with van der Waals surface area (Å²) in [5, 5.41) is 2.82. The third-order valence-electron chi connectivity index (χ3n) is 5.66. The fraction of sp³-hybridized carbons (Fsp3) is 0.500. The molecule has 0 spiro atoms. The Morgan fingerprint density at radius 2 is 1.97 bits per heavy atom. The van der Waals surface area contributed by atoms with E-state index in [0.29, 0.717) is 5.56 Å². The first kappa shape index (κ1) is 23.8. The highest BCUT2D eigenvalue weighted by Crippen LogP contribution is 2.34. The van der Waals surface area contributed by atoms with E-state index in [1.165, 1.54) is 23.4 Å². The van der Waals surface area contributed by atoms with Crippen molar-refractivity contribution < 1.29 is 35.8 Å². The van der Waals surface area contributed by atoms with Crippen LogP contribution in [0.1, 0.15) is 5.56 Å². The molecule has 33 heavy (non-hydrogen) atoms. The van der Waals surface area contributed by atoms with E-state index in [0.717, 1.165) is 6.07 Å². The zero-order valence-electron chi connectivity index (χ0n) is 17.5. The van der Waals surface area contributed by atoms with E-state index in [1.807, 2.05) is 0 Å². The van der Waals surface area contributed by atoms with Gasteiger partial charge in [-0.25, -0.2) is 18.6 Å². The summed E-state index contributed by atoms with van der Waals surface area (Å²) >= 11 is -2.31. The predicted octanol–water partition coefficient (Wildman–Crippen LogP) is 3.14. The van der Waals surface area contributed by atoms with Gasteiger partial charge in [0.05, 0.1) is 35.9 Å². The lowest BCUT2D eigenvalue weighted by Gasteiger charge is -2.46. The molecule has 0 amide bonds. The van der Waals surface area contributed by atoms with Crippen LogP contribution < -0.4 is 10.1 Å². The van der Waals surface area contributed by atoms with Crippen LogP contribution in [0.5, 0.6) is 5.88 Å². The fourth-order valence-electron chi connectivity index (χ4n) is 4.21. The number of aromatic nitrogens is 2. The zero-order valence-corrected chi connectivity index (χ0v) is 18.3. The Kier molecular flexibility index (Phi) is 6.84. The van der Waals surface area contributed by atoms with Gasteiger partial charge in [-0.05, 0) is 25.1 Å². The predicted molar refractivity (Wildman–Crippen MR) is 110 cm³/mol. The van der Waals surface area contributed by atoms with Crippen LogP contribution in [0, 0.1) is 24.6 Å². The van der Waals surface area contributed by atoms with E-state index in [9.17, 15) is 21.8 Å². The van der Waals surface area contributed by atoms with Gasteiger partial charge in [-0.3, -0.25) is 4.90 Å². The molecule has 2 N–H and O–H groups in total. The number of ether oxygens (including phenoxy) is 2. The topological polar surface area (TPSA) is 96.8 Å². The molecule has 2 bridgehead atoms. The number of halogens is 4. The lowest BCUT2D eigenvalue weighted by atomic mass is 9.84. The number of piperidine rings is 1. The van der Waals surface area contributed by atoms with E-state index in [4.69, 9.17) is 14.0 Å². The van der Waals surface area contributed by atoms with Crippen molar-refractivity contribution in [2.75, 3.05) is 38.2 Å². The molecule has 8 nitrogen and oxygen atoms in total. The minimum Gasteiger partial charge on any atom is -0.473 e. The Balaban J connectivity index is 1.50. The number of hydrogen-bond donors (Lipinski definition) is 2. The van der Waals surface area contributed by atoms with Gasteiger partial charge in [0.15, 0.2) is 11.1 Å². The molecule has 13 heteroatoms. The van der Waals surface area contributed by atoms with E-state index in [-0.39, 0.29) is 66.5 Å². The number of hydrogen-bond acceptors (Lipinski definition) is 7. The second-order valence-corrected chi connectivity index (χ2v) is 9.09. The summed E-state index contributed by atoms with van der Waals surface area (Å²) < 4.78 is 84.7. The van der Waals surface area contributed by atoms with Gasteiger partial charge in [0.1, 0.15) is 24.1 Å². The SMILES string of the molecule is Cc1c(Nc2ccc(S(=O)O)cc2F)ncnc1OC1C2COCC1CN(CC(F)(F)F)C2. The van der Waals surface area contributed by atoms with Crippen LogP contribution in [0.4, 0.5) is 29.1 Å². The average molecular weight is 490 g/mol. The number of nitrogens with zero attached hydrogens (tertiary/aromatic N) is 3. The van der Waals surface area contributed by atoms with Crippen molar-refractivity contribution in [3.63, 3.8) is 0 Å². The number of nitrogens with one attached hydrogen (secondary N) is 1. The summed E-state index contributed by atoms with van der Waals surface area (Å²) in [4.78, 5) is 9.58. The summed E-state index contributed by atoms with van der Waals surface area (Å²) in [6, 6.07) is 3.58. The van der Waals surface area contributed by atoms with E-state index < -0.39 is 29.6 Å². The van der Waals surface area contributed by atoms with E-state index in [2.05, 4.69) is 15.3 Å². The lowest BCUT2D eigenvalue weighted by molar-refractivity contribution is -0.172. The Labute approximate surface area is 189 Å². The molecular weight excluding hydrogens is 468 g/mol. The summed E-state index contributed by atoms with van der Waals surface area (Å²) in [7, 11) is 0. The zero-order chi connectivity index (χ0) is 23.8. The van der Waals surface area contributed by atoms with Crippen molar-refractivity contribution in [3.05, 3.63) is 35.9 Å². The minimum absolute atomic E-state index is 0.0441. The molecule has 2 aliphatic rings. The van der Waals surface area contributed by atoms with Crippen molar-refractivity contribution in [2.45, 2.75) is 24.1 Å². The van der Waals surface area contributed by atoms with Crippen LogP contribution in [0.3, 0.4) is 0 Å². The van der Waals surface area contributed by atoms with Crippen LogP contribution in [-0.2, 0) is 15.8 Å². The molecule has 0 radical (unpaired) electrons. The first-order valence-corrected chi connectivity index (χ1v) is 11.2. The minimum atomic E-state index is -4.27. The molecule has 1 aromatic heterocycles. The molecule has 3 unspecified atom stereocenters. The summed E-state index contributed by atoms with van der Waals surface area (Å²) in [5.74, 6) is -0.733.